The van der Waals surface area contributed by atoms with Crippen LogP contribution in [0, 0.1) is 5.82 Å². The summed E-state index contributed by atoms with van der Waals surface area (Å²) in [7, 11) is -2.77. The molecule has 3 aromatic rings. The van der Waals surface area contributed by atoms with E-state index >= 15 is 0 Å². The quantitative estimate of drug-likeness (QED) is 0.517. The summed E-state index contributed by atoms with van der Waals surface area (Å²) in [5.74, 6) is -1.00. The minimum absolute atomic E-state index is 0.0609. The third-order valence-electron chi connectivity index (χ3n) is 5.49. The van der Waals surface area contributed by atoms with Gasteiger partial charge in [-0.2, -0.15) is 8.99 Å². The molecule has 12 heteroatoms. The second-order valence-electron chi connectivity index (χ2n) is 7.36. The summed E-state index contributed by atoms with van der Waals surface area (Å²) >= 11 is 0. The Morgan fingerprint density at radius 1 is 1.12 bits per heavy atom. The second-order valence-corrected chi connectivity index (χ2v) is 9.27. The van der Waals surface area contributed by atoms with Crippen LogP contribution in [0.3, 0.4) is 0 Å². The van der Waals surface area contributed by atoms with Crippen LogP contribution in [0.4, 0.5) is 10.1 Å². The highest BCUT2D eigenvalue weighted by molar-refractivity contribution is 7.89. The fourth-order valence-corrected chi connectivity index (χ4v) is 5.23. The molecule has 0 aliphatic carbocycles. The number of piperazine rings is 1. The molecule has 1 aliphatic heterocycles. The van der Waals surface area contributed by atoms with E-state index in [0.717, 1.165) is 14.8 Å². The SMILES string of the molecule is COC(=O)[C@@H](C)n1nc2c(S(=O)(=O)N3CCN(c4ccc(F)cc4)CC3)cccn2c1=O. The van der Waals surface area contributed by atoms with Crippen molar-refractivity contribution >= 4 is 27.3 Å². The largest absolute Gasteiger partial charge is 0.467 e. The number of esters is 1. The van der Waals surface area contributed by atoms with E-state index in [4.69, 9.17) is 0 Å². The van der Waals surface area contributed by atoms with Gasteiger partial charge in [0, 0.05) is 38.1 Å². The third kappa shape index (κ3) is 3.75. The van der Waals surface area contributed by atoms with Crippen LogP contribution >= 0.6 is 0 Å². The molecule has 1 saturated heterocycles. The molecule has 10 nitrogen and oxygen atoms in total. The van der Waals surface area contributed by atoms with Gasteiger partial charge in [0.25, 0.3) is 0 Å². The molecule has 0 spiro atoms. The smallest absolute Gasteiger partial charge is 0.351 e. The molecule has 1 aromatic carbocycles. The van der Waals surface area contributed by atoms with E-state index in [1.54, 1.807) is 12.1 Å². The number of anilines is 1. The summed E-state index contributed by atoms with van der Waals surface area (Å²) in [5.41, 5.74) is 0.109. The minimum atomic E-state index is -3.96. The van der Waals surface area contributed by atoms with Gasteiger partial charge in [-0.15, -0.1) is 5.10 Å². The standard InChI is InChI=1S/C20H22FN5O5S/c1-14(19(27)31-2)26-20(28)25-9-3-4-17(18(25)22-26)32(29,30)24-12-10-23(11-13-24)16-7-5-15(21)6-8-16/h3-9,14H,10-13H2,1-2H3/t14-/m1/s1. The van der Waals surface area contributed by atoms with Crippen LogP contribution < -0.4 is 10.6 Å². The van der Waals surface area contributed by atoms with Crippen LogP contribution in [0.15, 0.2) is 52.3 Å². The number of hydrogen-bond donors (Lipinski definition) is 0. The van der Waals surface area contributed by atoms with Gasteiger partial charge in [0.15, 0.2) is 11.7 Å². The lowest BCUT2D eigenvalue weighted by atomic mass is 10.2. The first-order valence-electron chi connectivity index (χ1n) is 9.92. The number of ether oxygens (including phenoxy) is 1. The number of rotatable bonds is 5. The number of aromatic nitrogens is 3. The van der Waals surface area contributed by atoms with E-state index in [2.05, 4.69) is 9.84 Å². The molecule has 1 atom stereocenters. The molecule has 0 bridgehead atoms. The van der Waals surface area contributed by atoms with Gasteiger partial charge in [0.1, 0.15) is 10.7 Å². The number of hydrogen-bond acceptors (Lipinski definition) is 7. The minimum Gasteiger partial charge on any atom is -0.467 e. The predicted molar refractivity (Wildman–Crippen MR) is 114 cm³/mol. The molecule has 0 amide bonds. The molecular weight excluding hydrogens is 441 g/mol. The number of carbonyl (C=O) groups is 1. The van der Waals surface area contributed by atoms with E-state index in [9.17, 15) is 22.4 Å². The first kappa shape index (κ1) is 22.0. The summed E-state index contributed by atoms with van der Waals surface area (Å²) in [6.07, 6.45) is 1.40. The lowest BCUT2D eigenvalue weighted by Crippen LogP contribution is -2.48. The zero-order valence-corrected chi connectivity index (χ0v) is 18.3. The van der Waals surface area contributed by atoms with Crippen LogP contribution in [0.5, 0.6) is 0 Å². The number of fused-ring (bicyclic) bond motifs is 1. The molecule has 0 saturated carbocycles. The van der Waals surface area contributed by atoms with E-state index in [1.807, 2.05) is 4.90 Å². The molecule has 0 unspecified atom stereocenters. The monoisotopic (exact) mass is 463 g/mol. The van der Waals surface area contributed by atoms with Gasteiger partial charge in [-0.05, 0) is 43.3 Å². The Bertz CT molecular complexity index is 1310. The number of halogens is 1. The van der Waals surface area contributed by atoms with Crippen molar-refractivity contribution in [2.75, 3.05) is 38.2 Å². The summed E-state index contributed by atoms with van der Waals surface area (Å²) in [5, 5.41) is 4.13. The second kappa shape index (κ2) is 8.36. The number of pyridine rings is 1. The summed E-state index contributed by atoms with van der Waals surface area (Å²) in [4.78, 5) is 26.4. The zero-order valence-electron chi connectivity index (χ0n) is 17.5. The third-order valence-corrected chi connectivity index (χ3v) is 7.41. The van der Waals surface area contributed by atoms with Gasteiger partial charge in [0.05, 0.1) is 7.11 Å². The van der Waals surface area contributed by atoms with Gasteiger partial charge in [-0.1, -0.05) is 0 Å². The first-order chi connectivity index (χ1) is 15.2. The van der Waals surface area contributed by atoms with Crippen LogP contribution in [0.1, 0.15) is 13.0 Å². The van der Waals surface area contributed by atoms with E-state index in [0.29, 0.717) is 13.1 Å². The van der Waals surface area contributed by atoms with Crippen LogP contribution in [0.2, 0.25) is 0 Å². The Balaban J connectivity index is 1.63. The molecule has 1 fully saturated rings. The van der Waals surface area contributed by atoms with Gasteiger partial charge >= 0.3 is 11.7 Å². The number of sulfonamides is 1. The van der Waals surface area contributed by atoms with Gasteiger partial charge < -0.3 is 9.64 Å². The average molecular weight is 463 g/mol. The fraction of sp³-hybridized carbons (Fsp3) is 0.350. The molecule has 170 valence electrons. The molecule has 0 N–H and O–H groups in total. The van der Waals surface area contributed by atoms with Gasteiger partial charge in [0.2, 0.25) is 10.0 Å². The summed E-state index contributed by atoms with van der Waals surface area (Å²) in [6.45, 7) is 2.72. The van der Waals surface area contributed by atoms with Crippen molar-refractivity contribution in [2.45, 2.75) is 17.9 Å². The van der Waals surface area contributed by atoms with Crippen molar-refractivity contribution in [1.29, 1.82) is 0 Å². The Morgan fingerprint density at radius 3 is 2.41 bits per heavy atom. The Morgan fingerprint density at radius 2 is 1.78 bits per heavy atom. The van der Waals surface area contributed by atoms with Crippen molar-refractivity contribution in [3.63, 3.8) is 0 Å². The highest BCUT2D eigenvalue weighted by atomic mass is 32.2. The Labute approximate surface area is 183 Å². The maximum absolute atomic E-state index is 13.4. The lowest BCUT2D eigenvalue weighted by molar-refractivity contribution is -0.144. The number of methoxy groups -OCH3 is 1. The number of benzene rings is 1. The summed E-state index contributed by atoms with van der Waals surface area (Å²) < 4.78 is 47.9. The topological polar surface area (TPSA) is 106 Å². The Hall–Kier alpha value is -3.25. The van der Waals surface area contributed by atoms with E-state index < -0.39 is 27.7 Å². The molecule has 4 rings (SSSR count). The predicted octanol–water partition coefficient (Wildman–Crippen LogP) is 0.880. The molecule has 2 aromatic heterocycles. The van der Waals surface area contributed by atoms with Crippen LogP contribution in [-0.4, -0.2) is 66.2 Å². The normalized spacial score (nSPS) is 16.3. The average Bonchev–Trinajstić information content (AvgIpc) is 3.15. The maximum atomic E-state index is 13.4. The summed E-state index contributed by atoms with van der Waals surface area (Å²) in [6, 6.07) is 7.86. The van der Waals surface area contributed by atoms with Crippen LogP contribution in [0.25, 0.3) is 5.65 Å². The van der Waals surface area contributed by atoms with Crippen molar-refractivity contribution in [2.24, 2.45) is 0 Å². The molecular formula is C20H22FN5O5S. The van der Waals surface area contributed by atoms with Gasteiger partial charge in [-0.3, -0.25) is 0 Å². The number of carbonyl (C=O) groups excluding carboxylic acids is 1. The van der Waals surface area contributed by atoms with Crippen LogP contribution in [-0.2, 0) is 19.6 Å². The molecule has 0 radical (unpaired) electrons. The first-order valence-corrected chi connectivity index (χ1v) is 11.4. The van der Waals surface area contributed by atoms with E-state index in [1.165, 1.54) is 48.8 Å². The zero-order chi connectivity index (χ0) is 23.0. The van der Waals surface area contributed by atoms with Crippen molar-refractivity contribution in [3.05, 3.63) is 58.9 Å². The molecule has 3 heterocycles. The van der Waals surface area contributed by atoms with E-state index in [-0.39, 0.29) is 29.4 Å². The van der Waals surface area contributed by atoms with Crippen molar-refractivity contribution < 1.29 is 22.3 Å². The highest BCUT2D eigenvalue weighted by Gasteiger charge is 2.32. The fourth-order valence-electron chi connectivity index (χ4n) is 3.69. The van der Waals surface area contributed by atoms with Gasteiger partial charge in [-0.25, -0.2) is 26.8 Å². The lowest BCUT2D eigenvalue weighted by Gasteiger charge is -2.35. The number of nitrogens with zero attached hydrogens (tertiary/aromatic N) is 5. The van der Waals surface area contributed by atoms with Crippen molar-refractivity contribution in [1.82, 2.24) is 18.5 Å². The highest BCUT2D eigenvalue weighted by Crippen LogP contribution is 2.23. The maximum Gasteiger partial charge on any atom is 0.351 e. The molecule has 32 heavy (non-hydrogen) atoms. The molecule has 1 aliphatic rings. The van der Waals surface area contributed by atoms with Crippen molar-refractivity contribution in [3.8, 4) is 0 Å². The Kier molecular flexibility index (Phi) is 5.73.